The first-order chi connectivity index (χ1) is 3.98. The van der Waals surface area contributed by atoms with Crippen molar-refractivity contribution in [2.24, 2.45) is 0 Å². The molecule has 3 nitrogen and oxygen atoms in total. The van der Waals surface area contributed by atoms with E-state index in [-0.39, 0.29) is 6.21 Å². The number of ketones is 1. The number of carbonyl (C=O) groups is 1. The van der Waals surface area contributed by atoms with Crippen LogP contribution in [0, 0.1) is 0 Å². The van der Waals surface area contributed by atoms with Crippen LogP contribution in [-0.2, 0) is 4.79 Å². The molecule has 0 rings (SSSR count). The Morgan fingerprint density at radius 2 is 2.00 bits per heavy atom. The third-order valence-electron chi connectivity index (χ3n) is 0.454. The normalized spacial score (nSPS) is 10.1. The number of hydrogen-bond acceptors (Lipinski definition) is 1. The highest BCUT2D eigenvalue weighted by Crippen LogP contribution is 2.13. The van der Waals surface area contributed by atoms with Gasteiger partial charge in [0.2, 0.25) is 0 Å². The lowest BCUT2D eigenvalue weighted by atomic mass is 10.6. The molecule has 0 aliphatic rings. The highest BCUT2D eigenvalue weighted by atomic mass is 19.4. The van der Waals surface area contributed by atoms with Crippen LogP contribution in [0.4, 0.5) is 13.2 Å². The number of carbonyl (C=O) groups excluding carboxylic acids is 1. The molecular formula is C3HF3N2O. The van der Waals surface area contributed by atoms with Gasteiger partial charge in [0.05, 0.1) is 0 Å². The first-order valence-electron chi connectivity index (χ1n) is 1.77. The number of hydrogen-bond donors (Lipinski definition) is 0. The van der Waals surface area contributed by atoms with Crippen molar-refractivity contribution in [3.63, 3.8) is 0 Å². The summed E-state index contributed by atoms with van der Waals surface area (Å²) >= 11 is 0. The lowest BCUT2D eigenvalue weighted by Gasteiger charge is -1.93. The van der Waals surface area contributed by atoms with Crippen molar-refractivity contribution in [3.8, 4) is 0 Å². The lowest BCUT2D eigenvalue weighted by molar-refractivity contribution is -0.165. The van der Waals surface area contributed by atoms with Crippen molar-refractivity contribution in [1.29, 1.82) is 0 Å². The Hall–Kier alpha value is -1.16. The standard InChI is InChI=1S/C3HF3N2O/c4-3(5,6)2(9)1-8-7/h1H/i1+1. The van der Waals surface area contributed by atoms with Gasteiger partial charge in [-0.25, -0.2) is 0 Å². The van der Waals surface area contributed by atoms with Gasteiger partial charge in [0.1, 0.15) is 0 Å². The SMILES string of the molecule is [N-]=[N+]=[13CH]C(=O)C(F)(F)F. The minimum atomic E-state index is -4.94. The van der Waals surface area contributed by atoms with Crippen LogP contribution in [0.5, 0.6) is 0 Å². The highest BCUT2D eigenvalue weighted by molar-refractivity contribution is 6.27. The second-order valence-electron chi connectivity index (χ2n) is 1.11. The molecule has 6 heteroatoms. The summed E-state index contributed by atoms with van der Waals surface area (Å²) in [6.45, 7) is 0. The molecule has 0 unspecified atom stereocenters. The zero-order valence-corrected chi connectivity index (χ0v) is 4.01. The van der Waals surface area contributed by atoms with E-state index < -0.39 is 12.0 Å². The monoisotopic (exact) mass is 139 g/mol. The van der Waals surface area contributed by atoms with Gasteiger partial charge in [-0.3, -0.25) is 4.79 Å². The van der Waals surface area contributed by atoms with Gasteiger partial charge in [0, 0.05) is 0 Å². The molecule has 0 aromatic rings. The Bertz CT molecular complexity index is 166. The van der Waals surface area contributed by atoms with Crippen LogP contribution >= 0.6 is 0 Å². The van der Waals surface area contributed by atoms with Gasteiger partial charge in [-0.1, -0.05) is 0 Å². The van der Waals surface area contributed by atoms with Gasteiger partial charge in [-0.15, -0.1) is 0 Å². The average molecular weight is 139 g/mol. The number of Topliss-reactive ketones (excluding diaryl/α,β-unsaturated/α-hetero) is 1. The summed E-state index contributed by atoms with van der Waals surface area (Å²) in [6.07, 6.45) is -5.15. The first kappa shape index (κ1) is 7.84. The fraction of sp³-hybridized carbons (Fsp3) is 0.333. The topological polar surface area (TPSA) is 53.5 Å². The van der Waals surface area contributed by atoms with Gasteiger partial charge >= 0.3 is 18.2 Å². The first-order valence-corrected chi connectivity index (χ1v) is 1.77. The maximum Gasteiger partial charge on any atom is 0.461 e. The molecule has 0 radical (unpaired) electrons. The van der Waals surface area contributed by atoms with E-state index in [4.69, 9.17) is 5.53 Å². The summed E-state index contributed by atoms with van der Waals surface area (Å²) in [5.74, 6) is -2.18. The molecule has 50 valence electrons. The van der Waals surface area contributed by atoms with Crippen molar-refractivity contribution in [2.75, 3.05) is 0 Å². The largest absolute Gasteiger partial charge is 0.461 e. The number of rotatable bonds is 1. The van der Waals surface area contributed by atoms with Gasteiger partial charge in [-0.05, 0) is 0 Å². The van der Waals surface area contributed by atoms with Crippen LogP contribution in [-0.4, -0.2) is 23.0 Å². The molecule has 0 atom stereocenters. The summed E-state index contributed by atoms with van der Waals surface area (Å²) in [5, 5.41) is 0. The molecule has 0 N–H and O–H groups in total. The summed E-state index contributed by atoms with van der Waals surface area (Å²) < 4.78 is 33.3. The molecule has 0 amide bonds. The van der Waals surface area contributed by atoms with Crippen molar-refractivity contribution >= 4 is 12.0 Å². The minimum absolute atomic E-state index is 0.208. The third kappa shape index (κ3) is 2.61. The predicted molar refractivity (Wildman–Crippen MR) is 20.7 cm³/mol. The summed E-state index contributed by atoms with van der Waals surface area (Å²) in [7, 11) is 0. The molecule has 9 heavy (non-hydrogen) atoms. The summed E-state index contributed by atoms with van der Waals surface area (Å²) in [6, 6.07) is 0. The van der Waals surface area contributed by atoms with E-state index in [1.807, 2.05) is 4.79 Å². The smallest absolute Gasteiger partial charge is 0.361 e. The van der Waals surface area contributed by atoms with E-state index in [0.717, 1.165) is 0 Å². The average Bonchev–Trinajstić information content (AvgIpc) is 1.64. The number of alkyl halides is 3. The molecule has 0 aromatic heterocycles. The zero-order valence-electron chi connectivity index (χ0n) is 4.01. The molecular weight excluding hydrogens is 138 g/mol. The lowest BCUT2D eigenvalue weighted by Crippen LogP contribution is -2.23. The Kier molecular flexibility index (Phi) is 2.10. The molecule has 0 aliphatic carbocycles. The maximum atomic E-state index is 11.1. The van der Waals surface area contributed by atoms with Gasteiger partial charge in [0.15, 0.2) is 0 Å². The Morgan fingerprint density at radius 3 is 2.11 bits per heavy atom. The van der Waals surface area contributed by atoms with Gasteiger partial charge < -0.3 is 5.53 Å². The van der Waals surface area contributed by atoms with Crippen molar-refractivity contribution in [1.82, 2.24) is 0 Å². The summed E-state index contributed by atoms with van der Waals surface area (Å²) in [4.78, 5) is 11.5. The van der Waals surface area contributed by atoms with Crippen LogP contribution in [0.25, 0.3) is 5.53 Å². The van der Waals surface area contributed by atoms with Crippen molar-refractivity contribution in [3.05, 3.63) is 5.53 Å². The Labute approximate surface area is 47.7 Å². The fourth-order valence-corrected chi connectivity index (χ4v) is 0.126. The predicted octanol–water partition coefficient (Wildman–Crippen LogP) is 0.418. The minimum Gasteiger partial charge on any atom is -0.361 e. The van der Waals surface area contributed by atoms with Crippen molar-refractivity contribution in [2.45, 2.75) is 6.18 Å². The molecule has 0 aromatic carbocycles. The maximum absolute atomic E-state index is 11.1. The van der Waals surface area contributed by atoms with Crippen LogP contribution in [0.2, 0.25) is 0 Å². The van der Waals surface area contributed by atoms with E-state index in [0.29, 0.717) is 0 Å². The Balaban J connectivity index is 4.22. The molecule has 0 saturated carbocycles. The highest BCUT2D eigenvalue weighted by Gasteiger charge is 2.39. The summed E-state index contributed by atoms with van der Waals surface area (Å²) in [5.41, 5.74) is 7.45. The molecule has 0 heterocycles. The number of nitrogens with zero attached hydrogens (tertiary/aromatic N) is 2. The van der Waals surface area contributed by atoms with Crippen molar-refractivity contribution < 1.29 is 22.8 Å². The molecule has 0 aliphatic heterocycles. The molecule has 0 bridgehead atoms. The second kappa shape index (κ2) is 2.41. The van der Waals surface area contributed by atoms with Gasteiger partial charge in [0.25, 0.3) is 0 Å². The molecule has 0 fully saturated rings. The van der Waals surface area contributed by atoms with E-state index in [1.54, 1.807) is 0 Å². The van der Waals surface area contributed by atoms with Crippen LogP contribution < -0.4 is 0 Å². The van der Waals surface area contributed by atoms with E-state index in [2.05, 4.69) is 0 Å². The molecule has 0 spiro atoms. The van der Waals surface area contributed by atoms with Crippen LogP contribution in [0.1, 0.15) is 0 Å². The second-order valence-corrected chi connectivity index (χ2v) is 1.11. The van der Waals surface area contributed by atoms with Crippen LogP contribution in [0.3, 0.4) is 0 Å². The van der Waals surface area contributed by atoms with Crippen LogP contribution in [0.15, 0.2) is 0 Å². The zero-order chi connectivity index (χ0) is 7.49. The Morgan fingerprint density at radius 1 is 1.56 bits per heavy atom. The van der Waals surface area contributed by atoms with E-state index in [9.17, 15) is 18.0 Å². The fourth-order valence-electron chi connectivity index (χ4n) is 0.126. The van der Waals surface area contributed by atoms with Gasteiger partial charge in [-0.2, -0.15) is 18.0 Å². The van der Waals surface area contributed by atoms with E-state index in [1.165, 1.54) is 0 Å². The molecule has 0 saturated heterocycles. The quantitative estimate of drug-likeness (QED) is 0.225. The third-order valence-corrected chi connectivity index (χ3v) is 0.454. The van der Waals surface area contributed by atoms with E-state index >= 15 is 0 Å². The number of halogens is 3.